The maximum Gasteiger partial charge on any atom is 0.306 e. The summed E-state index contributed by atoms with van der Waals surface area (Å²) in [6.45, 7) is 6.70. The second-order valence-electron chi connectivity index (χ2n) is 24.5. The summed E-state index contributed by atoms with van der Waals surface area (Å²) < 4.78 is 16.9. The maximum absolute atomic E-state index is 12.9. The van der Waals surface area contributed by atoms with Crippen LogP contribution in [-0.4, -0.2) is 37.2 Å². The van der Waals surface area contributed by atoms with Crippen LogP contribution in [0.2, 0.25) is 0 Å². The molecule has 0 spiro atoms. The highest BCUT2D eigenvalue weighted by atomic mass is 16.6. The van der Waals surface area contributed by atoms with Gasteiger partial charge in [0.2, 0.25) is 0 Å². The normalized spacial score (nSPS) is 12.1. The first-order valence-corrected chi connectivity index (χ1v) is 35.8. The molecule has 0 aliphatic heterocycles. The fourth-order valence-corrected chi connectivity index (χ4v) is 11.0. The van der Waals surface area contributed by atoms with E-state index in [1.54, 1.807) is 0 Å². The minimum atomic E-state index is -0.769. The molecule has 1 unspecified atom stereocenters. The number of unbranched alkanes of at least 4 members (excludes halogenated alkanes) is 52. The monoisotopic (exact) mass is 1110 g/mol. The zero-order valence-electron chi connectivity index (χ0n) is 53.7. The number of ether oxygens (including phenoxy) is 3. The molecule has 466 valence electrons. The molecule has 6 nitrogen and oxygen atoms in total. The number of hydrogen-bond acceptors (Lipinski definition) is 6. The van der Waals surface area contributed by atoms with Crippen molar-refractivity contribution in [3.63, 3.8) is 0 Å². The minimum absolute atomic E-state index is 0.0666. The van der Waals surface area contributed by atoms with Crippen LogP contribution >= 0.6 is 0 Å². The van der Waals surface area contributed by atoms with Gasteiger partial charge in [-0.1, -0.05) is 340 Å². The lowest BCUT2D eigenvalue weighted by molar-refractivity contribution is -0.167. The molecule has 79 heavy (non-hydrogen) atoms. The average Bonchev–Trinajstić information content (AvgIpc) is 3.45. The molecule has 0 N–H and O–H groups in total. The smallest absolute Gasteiger partial charge is 0.306 e. The highest BCUT2D eigenvalue weighted by molar-refractivity contribution is 5.71. The third-order valence-corrected chi connectivity index (χ3v) is 16.4. The van der Waals surface area contributed by atoms with E-state index in [4.69, 9.17) is 14.2 Å². The Kier molecular flexibility index (Phi) is 66.6. The second kappa shape index (κ2) is 68.4. The van der Waals surface area contributed by atoms with Crippen LogP contribution in [0.3, 0.4) is 0 Å². The van der Waals surface area contributed by atoms with Gasteiger partial charge in [0, 0.05) is 19.3 Å². The molecule has 0 aromatic rings. The van der Waals surface area contributed by atoms with E-state index < -0.39 is 6.10 Å². The molecular weight excluding hydrogens is 973 g/mol. The lowest BCUT2D eigenvalue weighted by Crippen LogP contribution is -2.30. The fraction of sp³-hybridized carbons (Fsp3) is 0.904. The molecule has 0 bridgehead atoms. The first-order chi connectivity index (χ1) is 39.0. The van der Waals surface area contributed by atoms with E-state index in [1.807, 2.05) is 0 Å². The van der Waals surface area contributed by atoms with Gasteiger partial charge in [-0.25, -0.2) is 0 Å². The molecule has 0 aliphatic carbocycles. The molecule has 0 aromatic carbocycles. The summed E-state index contributed by atoms with van der Waals surface area (Å²) in [5.74, 6) is -0.843. The Bertz CT molecular complexity index is 1270. The van der Waals surface area contributed by atoms with Gasteiger partial charge in [-0.15, -0.1) is 0 Å². The summed E-state index contributed by atoms with van der Waals surface area (Å²) in [5, 5.41) is 0. The SMILES string of the molecule is CCCCCCCC/C=C\CCCCCCCCCC(=O)OC(COC(=O)CCCCCCCCCCCCC)COC(=O)CCCCCCCCCCCCCCCCCCCCCCC/C=C\CCCCCCCCCC. The van der Waals surface area contributed by atoms with E-state index >= 15 is 0 Å². The van der Waals surface area contributed by atoms with Crippen LogP contribution in [0.15, 0.2) is 24.3 Å². The van der Waals surface area contributed by atoms with Crippen molar-refractivity contribution in [1.29, 1.82) is 0 Å². The van der Waals surface area contributed by atoms with Crippen molar-refractivity contribution in [3.8, 4) is 0 Å². The Hall–Kier alpha value is -2.11. The molecule has 0 rings (SSSR count). The van der Waals surface area contributed by atoms with Crippen molar-refractivity contribution < 1.29 is 28.6 Å². The standard InChI is InChI=1S/C73H138O6/c1-4-7-10-13-16-19-22-24-26-28-29-30-31-32-33-34-35-36-37-38-39-40-41-42-43-45-46-48-51-54-57-60-63-66-72(75)78-69-70(68-77-71(74)65-62-59-56-53-50-21-18-15-12-9-6-3)79-73(76)67-64-61-58-55-52-49-47-44-27-25-23-20-17-14-11-8-5-2/h25,27-29,70H,4-24,26,30-69H2,1-3H3/b27-25-,29-28-. The van der Waals surface area contributed by atoms with Crippen LogP contribution in [0, 0.1) is 0 Å². The molecule has 0 aromatic heterocycles. The molecule has 0 saturated carbocycles. The summed E-state index contributed by atoms with van der Waals surface area (Å²) in [7, 11) is 0. The van der Waals surface area contributed by atoms with Gasteiger partial charge in [-0.05, 0) is 70.6 Å². The van der Waals surface area contributed by atoms with Crippen LogP contribution in [0.4, 0.5) is 0 Å². The summed E-state index contributed by atoms with van der Waals surface area (Å²) in [6, 6.07) is 0. The fourth-order valence-electron chi connectivity index (χ4n) is 11.0. The zero-order valence-corrected chi connectivity index (χ0v) is 53.7. The van der Waals surface area contributed by atoms with Gasteiger partial charge in [0.1, 0.15) is 13.2 Å². The lowest BCUT2D eigenvalue weighted by atomic mass is 10.0. The van der Waals surface area contributed by atoms with Gasteiger partial charge < -0.3 is 14.2 Å². The van der Waals surface area contributed by atoms with Crippen LogP contribution in [-0.2, 0) is 28.6 Å². The maximum atomic E-state index is 12.9. The third-order valence-electron chi connectivity index (χ3n) is 16.4. The molecule has 0 heterocycles. The van der Waals surface area contributed by atoms with Crippen LogP contribution in [0.1, 0.15) is 406 Å². The predicted molar refractivity (Wildman–Crippen MR) is 344 cm³/mol. The number of allylic oxidation sites excluding steroid dienone is 4. The van der Waals surface area contributed by atoms with Crippen molar-refractivity contribution in [3.05, 3.63) is 24.3 Å². The quantitative estimate of drug-likeness (QED) is 0.0261. The molecule has 0 aliphatic rings. The molecule has 1 atom stereocenters. The van der Waals surface area contributed by atoms with Gasteiger partial charge in [-0.2, -0.15) is 0 Å². The van der Waals surface area contributed by atoms with Crippen LogP contribution in [0.25, 0.3) is 0 Å². The van der Waals surface area contributed by atoms with Crippen molar-refractivity contribution in [2.24, 2.45) is 0 Å². The lowest BCUT2D eigenvalue weighted by Gasteiger charge is -2.18. The van der Waals surface area contributed by atoms with E-state index in [2.05, 4.69) is 45.1 Å². The van der Waals surface area contributed by atoms with Crippen LogP contribution in [0.5, 0.6) is 0 Å². The molecule has 0 saturated heterocycles. The molecule has 0 radical (unpaired) electrons. The Balaban J connectivity index is 4.05. The topological polar surface area (TPSA) is 78.9 Å². The third kappa shape index (κ3) is 66.6. The number of carbonyl (C=O) groups excluding carboxylic acids is 3. The minimum Gasteiger partial charge on any atom is -0.462 e. The molecule has 6 heteroatoms. The first kappa shape index (κ1) is 76.9. The van der Waals surface area contributed by atoms with Crippen molar-refractivity contribution in [2.75, 3.05) is 13.2 Å². The summed E-state index contributed by atoms with van der Waals surface area (Å²) in [5.41, 5.74) is 0. The van der Waals surface area contributed by atoms with Crippen LogP contribution < -0.4 is 0 Å². The first-order valence-electron chi connectivity index (χ1n) is 35.8. The Morgan fingerprint density at radius 2 is 0.418 bits per heavy atom. The van der Waals surface area contributed by atoms with E-state index in [1.165, 1.54) is 308 Å². The number of rotatable bonds is 67. The Labute approximate surface area is 493 Å². The van der Waals surface area contributed by atoms with Gasteiger partial charge in [0.05, 0.1) is 0 Å². The number of hydrogen-bond donors (Lipinski definition) is 0. The predicted octanol–water partition coefficient (Wildman–Crippen LogP) is 24.6. The second-order valence-corrected chi connectivity index (χ2v) is 24.5. The van der Waals surface area contributed by atoms with Crippen molar-refractivity contribution >= 4 is 17.9 Å². The highest BCUT2D eigenvalue weighted by Crippen LogP contribution is 2.19. The van der Waals surface area contributed by atoms with E-state index in [0.29, 0.717) is 19.3 Å². The van der Waals surface area contributed by atoms with Gasteiger partial charge in [0.25, 0.3) is 0 Å². The number of carbonyl (C=O) groups is 3. The van der Waals surface area contributed by atoms with Gasteiger partial charge in [-0.3, -0.25) is 14.4 Å². The van der Waals surface area contributed by atoms with Crippen molar-refractivity contribution in [2.45, 2.75) is 412 Å². The number of esters is 3. The molecule has 0 fully saturated rings. The largest absolute Gasteiger partial charge is 0.462 e. The molecule has 0 amide bonds. The average molecular weight is 1110 g/mol. The summed E-state index contributed by atoms with van der Waals surface area (Å²) in [6.07, 6.45) is 83.7. The van der Waals surface area contributed by atoms with E-state index in [9.17, 15) is 14.4 Å². The van der Waals surface area contributed by atoms with Gasteiger partial charge in [0.15, 0.2) is 6.10 Å². The van der Waals surface area contributed by atoms with E-state index in [0.717, 1.165) is 57.8 Å². The van der Waals surface area contributed by atoms with Crippen molar-refractivity contribution in [1.82, 2.24) is 0 Å². The zero-order chi connectivity index (χ0) is 57.1. The Morgan fingerprint density at radius 1 is 0.241 bits per heavy atom. The summed E-state index contributed by atoms with van der Waals surface area (Å²) >= 11 is 0. The Morgan fingerprint density at radius 3 is 0.633 bits per heavy atom. The van der Waals surface area contributed by atoms with E-state index in [-0.39, 0.29) is 31.1 Å². The highest BCUT2D eigenvalue weighted by Gasteiger charge is 2.19. The molecular formula is C73H138O6. The summed E-state index contributed by atoms with van der Waals surface area (Å²) in [4.78, 5) is 38.3. The van der Waals surface area contributed by atoms with Gasteiger partial charge >= 0.3 is 17.9 Å².